The summed E-state index contributed by atoms with van der Waals surface area (Å²) in [7, 11) is 0. The Hall–Kier alpha value is -1.38. The van der Waals surface area contributed by atoms with E-state index in [2.05, 4.69) is 24.4 Å². The predicted molar refractivity (Wildman–Crippen MR) is 72.2 cm³/mol. The fourth-order valence-corrected chi connectivity index (χ4v) is 3.42. The molecule has 0 bridgehead atoms. The second-order valence-corrected chi connectivity index (χ2v) is 5.16. The molecule has 0 radical (unpaired) electrons. The number of aryl methyl sites for hydroxylation is 1. The van der Waals surface area contributed by atoms with Crippen LogP contribution in [0, 0.1) is 0 Å². The molecule has 3 rings (SSSR count). The van der Waals surface area contributed by atoms with Gasteiger partial charge in [-0.05, 0) is 46.2 Å². The summed E-state index contributed by atoms with van der Waals surface area (Å²) in [4.78, 5) is 1.30. The highest BCUT2D eigenvalue weighted by molar-refractivity contribution is 7.11. The molecule has 0 aliphatic heterocycles. The van der Waals surface area contributed by atoms with Crippen molar-refractivity contribution in [2.24, 2.45) is 0 Å². The summed E-state index contributed by atoms with van der Waals surface area (Å²) in [5, 5.41) is 12.2. The second-order valence-electron chi connectivity index (χ2n) is 4.24. The minimum Gasteiger partial charge on any atom is -0.384 e. The van der Waals surface area contributed by atoms with E-state index in [-0.39, 0.29) is 0 Å². The maximum atomic E-state index is 10.0. The van der Waals surface area contributed by atoms with Crippen LogP contribution < -0.4 is 0 Å². The summed E-state index contributed by atoms with van der Waals surface area (Å²) < 4.78 is 0. The third-order valence-electron chi connectivity index (χ3n) is 3.27. The molecule has 0 amide bonds. The van der Waals surface area contributed by atoms with Crippen LogP contribution in [-0.4, -0.2) is 5.11 Å². The normalized spacial score (nSPS) is 18.0. The number of hydrogen-bond acceptors (Lipinski definition) is 2. The minimum absolute atomic E-state index is 0.451. The summed E-state index contributed by atoms with van der Waals surface area (Å²) in [6.07, 6.45) is 2.55. The molecule has 86 valence electrons. The Labute approximate surface area is 105 Å². The zero-order chi connectivity index (χ0) is 11.8. The van der Waals surface area contributed by atoms with E-state index >= 15 is 0 Å². The number of rotatable bonds is 2. The highest BCUT2D eigenvalue weighted by atomic mass is 32.1. The van der Waals surface area contributed by atoms with Crippen molar-refractivity contribution >= 4 is 16.9 Å². The molecule has 2 heteroatoms. The van der Waals surface area contributed by atoms with Crippen molar-refractivity contribution in [3.05, 3.63) is 63.4 Å². The van der Waals surface area contributed by atoms with Gasteiger partial charge in [-0.25, -0.2) is 0 Å². The molecule has 0 saturated carbocycles. The Morgan fingerprint density at radius 1 is 1.24 bits per heavy atom. The lowest BCUT2D eigenvalue weighted by atomic mass is 10.0. The van der Waals surface area contributed by atoms with E-state index in [9.17, 15) is 5.11 Å². The first-order chi connectivity index (χ1) is 8.31. The zero-order valence-corrected chi connectivity index (χ0v) is 10.5. The standard InChI is InChI=1S/C15H14OS/c1-2-10-7-8-17-15(10)13-9-14(16)12-6-4-3-5-11(12)13/h3-9,14,16H,2H2,1H3. The number of benzene rings is 1. The summed E-state index contributed by atoms with van der Waals surface area (Å²) in [5.74, 6) is 0. The summed E-state index contributed by atoms with van der Waals surface area (Å²) >= 11 is 1.76. The highest BCUT2D eigenvalue weighted by Gasteiger charge is 2.23. The fraction of sp³-hybridized carbons (Fsp3) is 0.200. The smallest absolute Gasteiger partial charge is 0.0987 e. The average Bonchev–Trinajstić information content (AvgIpc) is 2.94. The number of aliphatic hydroxyl groups is 1. The largest absolute Gasteiger partial charge is 0.384 e. The van der Waals surface area contributed by atoms with Gasteiger partial charge in [-0.15, -0.1) is 11.3 Å². The van der Waals surface area contributed by atoms with Gasteiger partial charge in [0.15, 0.2) is 0 Å². The molecular weight excluding hydrogens is 228 g/mol. The molecule has 17 heavy (non-hydrogen) atoms. The fourth-order valence-electron chi connectivity index (χ4n) is 2.39. The van der Waals surface area contributed by atoms with Gasteiger partial charge < -0.3 is 5.11 Å². The van der Waals surface area contributed by atoms with Crippen molar-refractivity contribution in [3.63, 3.8) is 0 Å². The molecule has 1 aliphatic carbocycles. The molecule has 0 fully saturated rings. The van der Waals surface area contributed by atoms with E-state index in [1.165, 1.54) is 21.6 Å². The summed E-state index contributed by atoms with van der Waals surface area (Å²) in [5.41, 5.74) is 4.76. The SMILES string of the molecule is CCc1ccsc1C1=CC(O)c2ccccc21. The number of hydrogen-bond donors (Lipinski definition) is 1. The summed E-state index contributed by atoms with van der Waals surface area (Å²) in [6, 6.07) is 10.3. The first kappa shape index (κ1) is 10.8. The molecule has 1 aromatic carbocycles. The molecule has 1 heterocycles. The van der Waals surface area contributed by atoms with Gasteiger partial charge in [0.05, 0.1) is 6.10 Å². The molecule has 1 aromatic heterocycles. The lowest BCUT2D eigenvalue weighted by Gasteiger charge is -2.06. The minimum atomic E-state index is -0.451. The zero-order valence-electron chi connectivity index (χ0n) is 9.68. The third-order valence-corrected chi connectivity index (χ3v) is 4.26. The lowest BCUT2D eigenvalue weighted by Crippen LogP contribution is -1.90. The van der Waals surface area contributed by atoms with Crippen LogP contribution in [0.15, 0.2) is 41.8 Å². The van der Waals surface area contributed by atoms with Gasteiger partial charge in [0.1, 0.15) is 0 Å². The molecular formula is C15H14OS. The van der Waals surface area contributed by atoms with Crippen molar-refractivity contribution in [2.45, 2.75) is 19.4 Å². The Balaban J connectivity index is 2.15. The number of fused-ring (bicyclic) bond motifs is 1. The van der Waals surface area contributed by atoms with E-state index < -0.39 is 6.10 Å². The predicted octanol–water partition coefficient (Wildman–Crippen LogP) is 3.79. The molecule has 2 aromatic rings. The Kier molecular flexibility index (Phi) is 2.61. The van der Waals surface area contributed by atoms with Gasteiger partial charge in [-0.1, -0.05) is 31.2 Å². The van der Waals surface area contributed by atoms with Crippen LogP contribution in [-0.2, 0) is 6.42 Å². The van der Waals surface area contributed by atoms with Gasteiger partial charge in [-0.3, -0.25) is 0 Å². The van der Waals surface area contributed by atoms with E-state index in [4.69, 9.17) is 0 Å². The van der Waals surface area contributed by atoms with Crippen molar-refractivity contribution < 1.29 is 5.11 Å². The Morgan fingerprint density at radius 2 is 2.06 bits per heavy atom. The van der Waals surface area contributed by atoms with Crippen LogP contribution in [0.1, 0.15) is 34.6 Å². The van der Waals surface area contributed by atoms with Crippen molar-refractivity contribution in [2.75, 3.05) is 0 Å². The lowest BCUT2D eigenvalue weighted by molar-refractivity contribution is 0.232. The van der Waals surface area contributed by atoms with Crippen molar-refractivity contribution in [1.82, 2.24) is 0 Å². The monoisotopic (exact) mass is 242 g/mol. The van der Waals surface area contributed by atoms with Crippen molar-refractivity contribution in [3.8, 4) is 0 Å². The molecule has 0 saturated heterocycles. The maximum absolute atomic E-state index is 10.0. The molecule has 1 unspecified atom stereocenters. The van der Waals surface area contributed by atoms with E-state index in [0.717, 1.165) is 12.0 Å². The van der Waals surface area contributed by atoms with Crippen LogP contribution in [0.4, 0.5) is 0 Å². The molecule has 1 nitrogen and oxygen atoms in total. The van der Waals surface area contributed by atoms with Crippen LogP contribution in [0.25, 0.3) is 5.57 Å². The van der Waals surface area contributed by atoms with E-state index in [1.807, 2.05) is 24.3 Å². The van der Waals surface area contributed by atoms with Crippen LogP contribution in [0.5, 0.6) is 0 Å². The first-order valence-electron chi connectivity index (χ1n) is 5.87. The van der Waals surface area contributed by atoms with Gasteiger partial charge in [0.25, 0.3) is 0 Å². The average molecular weight is 242 g/mol. The van der Waals surface area contributed by atoms with Gasteiger partial charge >= 0.3 is 0 Å². The first-order valence-corrected chi connectivity index (χ1v) is 6.75. The second kappa shape index (κ2) is 4.13. The highest BCUT2D eigenvalue weighted by Crippen LogP contribution is 2.41. The third kappa shape index (κ3) is 1.65. The van der Waals surface area contributed by atoms with Crippen LogP contribution in [0.2, 0.25) is 0 Å². The Morgan fingerprint density at radius 3 is 2.88 bits per heavy atom. The number of aliphatic hydroxyl groups excluding tert-OH is 1. The molecule has 1 atom stereocenters. The van der Waals surface area contributed by atoms with E-state index in [1.54, 1.807) is 11.3 Å². The Bertz CT molecular complexity index is 580. The van der Waals surface area contributed by atoms with E-state index in [0.29, 0.717) is 0 Å². The molecule has 0 spiro atoms. The van der Waals surface area contributed by atoms with Gasteiger partial charge in [-0.2, -0.15) is 0 Å². The summed E-state index contributed by atoms with van der Waals surface area (Å²) in [6.45, 7) is 2.17. The quantitative estimate of drug-likeness (QED) is 0.849. The maximum Gasteiger partial charge on any atom is 0.0987 e. The van der Waals surface area contributed by atoms with Crippen molar-refractivity contribution in [1.29, 1.82) is 0 Å². The van der Waals surface area contributed by atoms with Crippen LogP contribution >= 0.6 is 11.3 Å². The van der Waals surface area contributed by atoms with Gasteiger partial charge in [0, 0.05) is 4.88 Å². The molecule has 1 N–H and O–H groups in total. The molecule has 1 aliphatic rings. The number of thiophene rings is 1. The van der Waals surface area contributed by atoms with Crippen LogP contribution in [0.3, 0.4) is 0 Å². The topological polar surface area (TPSA) is 20.2 Å². The van der Waals surface area contributed by atoms with Gasteiger partial charge in [0.2, 0.25) is 0 Å².